The molecule has 3 atom stereocenters. The van der Waals surface area contributed by atoms with Crippen molar-refractivity contribution in [2.75, 3.05) is 33.2 Å². The van der Waals surface area contributed by atoms with E-state index in [-0.39, 0.29) is 0 Å². The fourth-order valence-electron chi connectivity index (χ4n) is 4.43. The summed E-state index contributed by atoms with van der Waals surface area (Å²) in [7, 11) is 1.80. The van der Waals surface area contributed by atoms with Crippen molar-refractivity contribution in [1.29, 1.82) is 0 Å². The summed E-state index contributed by atoms with van der Waals surface area (Å²) in [5.41, 5.74) is -0.699. The lowest BCUT2D eigenvalue weighted by atomic mass is 9.78. The highest BCUT2D eigenvalue weighted by molar-refractivity contribution is 5.79. The number of nitrogens with zero attached hydrogens (tertiary/aromatic N) is 2. The van der Waals surface area contributed by atoms with Crippen molar-refractivity contribution in [3.05, 3.63) is 0 Å². The molecule has 114 valence electrons. The first-order valence-electron chi connectivity index (χ1n) is 8.05. The van der Waals surface area contributed by atoms with Crippen LogP contribution in [0.3, 0.4) is 0 Å². The summed E-state index contributed by atoms with van der Waals surface area (Å²) in [6.45, 7) is 4.68. The van der Waals surface area contributed by atoms with E-state index in [1.54, 1.807) is 7.05 Å². The Balaban J connectivity index is 1.66. The number of nitrogens with one attached hydrogen (secondary N) is 1. The third kappa shape index (κ3) is 2.47. The zero-order valence-electron chi connectivity index (χ0n) is 12.5. The lowest BCUT2D eigenvalue weighted by Gasteiger charge is -2.46. The van der Waals surface area contributed by atoms with E-state index in [0.29, 0.717) is 6.04 Å². The smallest absolute Gasteiger partial charge is 0.323 e. The van der Waals surface area contributed by atoms with Crippen LogP contribution in [-0.2, 0) is 4.79 Å². The zero-order valence-corrected chi connectivity index (χ0v) is 12.5. The van der Waals surface area contributed by atoms with E-state index in [1.165, 1.54) is 25.9 Å². The van der Waals surface area contributed by atoms with Gasteiger partial charge >= 0.3 is 5.97 Å². The summed E-state index contributed by atoms with van der Waals surface area (Å²) in [4.78, 5) is 16.8. The number of carboxylic acid groups (broad SMARTS) is 1. The summed E-state index contributed by atoms with van der Waals surface area (Å²) in [6, 6.07) is 1.16. The van der Waals surface area contributed by atoms with E-state index in [0.717, 1.165) is 44.8 Å². The highest BCUT2D eigenvalue weighted by Crippen LogP contribution is 2.33. The molecule has 0 aromatic carbocycles. The van der Waals surface area contributed by atoms with Crippen molar-refractivity contribution in [1.82, 2.24) is 15.1 Å². The number of fused-ring (bicyclic) bond motifs is 1. The molecule has 5 heteroatoms. The second-order valence-corrected chi connectivity index (χ2v) is 6.71. The molecule has 0 spiro atoms. The number of likely N-dealkylation sites (N-methyl/N-ethyl adjacent to an activating group) is 1. The number of carbonyl (C=O) groups is 1. The highest BCUT2D eigenvalue weighted by Gasteiger charge is 2.44. The predicted octanol–water partition coefficient (Wildman–Crippen LogP) is 0.752. The minimum absolute atomic E-state index is 0.440. The standard InChI is InChI=1S/C15H27N3O2/c1-16-15(14(19)20)6-2-4-12(10-15)18-9-8-17-7-3-5-13(17)11-18/h12-13,16H,2-11H2,1H3,(H,19,20). The molecule has 1 aliphatic carbocycles. The van der Waals surface area contributed by atoms with Crippen LogP contribution in [0.1, 0.15) is 38.5 Å². The maximum Gasteiger partial charge on any atom is 0.323 e. The molecule has 2 aliphatic heterocycles. The van der Waals surface area contributed by atoms with Crippen LogP contribution in [0.2, 0.25) is 0 Å². The third-order valence-corrected chi connectivity index (χ3v) is 5.75. The molecule has 2 N–H and O–H groups in total. The molecule has 0 bridgehead atoms. The summed E-state index contributed by atoms with van der Waals surface area (Å²) in [5, 5.41) is 12.7. The monoisotopic (exact) mass is 281 g/mol. The van der Waals surface area contributed by atoms with Gasteiger partial charge in [-0.25, -0.2) is 0 Å². The second kappa shape index (κ2) is 5.62. The van der Waals surface area contributed by atoms with Crippen molar-refractivity contribution in [2.24, 2.45) is 0 Å². The van der Waals surface area contributed by atoms with Gasteiger partial charge in [0, 0.05) is 31.7 Å². The lowest BCUT2D eigenvalue weighted by Crippen LogP contribution is -2.60. The molecule has 5 nitrogen and oxygen atoms in total. The molecule has 2 saturated heterocycles. The van der Waals surface area contributed by atoms with E-state index in [4.69, 9.17) is 0 Å². The molecule has 2 heterocycles. The first-order valence-corrected chi connectivity index (χ1v) is 8.05. The maximum atomic E-state index is 11.6. The number of piperazine rings is 1. The van der Waals surface area contributed by atoms with E-state index < -0.39 is 11.5 Å². The van der Waals surface area contributed by atoms with Gasteiger partial charge in [-0.2, -0.15) is 0 Å². The van der Waals surface area contributed by atoms with Crippen molar-refractivity contribution in [2.45, 2.75) is 56.1 Å². The summed E-state index contributed by atoms with van der Waals surface area (Å²) in [5.74, 6) is -0.677. The molecule has 20 heavy (non-hydrogen) atoms. The van der Waals surface area contributed by atoms with Crippen LogP contribution < -0.4 is 5.32 Å². The van der Waals surface area contributed by atoms with Crippen LogP contribution in [0, 0.1) is 0 Å². The van der Waals surface area contributed by atoms with Crippen LogP contribution in [0.4, 0.5) is 0 Å². The minimum Gasteiger partial charge on any atom is -0.480 e. The van der Waals surface area contributed by atoms with Crippen LogP contribution in [0.15, 0.2) is 0 Å². The number of hydrogen-bond donors (Lipinski definition) is 2. The predicted molar refractivity (Wildman–Crippen MR) is 77.9 cm³/mol. The Morgan fingerprint density at radius 2 is 1.90 bits per heavy atom. The second-order valence-electron chi connectivity index (χ2n) is 6.71. The van der Waals surface area contributed by atoms with E-state index in [1.807, 2.05) is 0 Å². The van der Waals surface area contributed by atoms with Gasteiger partial charge in [-0.1, -0.05) is 0 Å². The fraction of sp³-hybridized carbons (Fsp3) is 0.933. The van der Waals surface area contributed by atoms with Crippen LogP contribution >= 0.6 is 0 Å². The molecule has 3 rings (SSSR count). The molecule has 0 aromatic rings. The van der Waals surface area contributed by atoms with Gasteiger partial charge in [-0.15, -0.1) is 0 Å². The summed E-state index contributed by atoms with van der Waals surface area (Å²) < 4.78 is 0. The van der Waals surface area contributed by atoms with E-state index in [2.05, 4.69) is 15.1 Å². The Kier molecular flexibility index (Phi) is 4.02. The Morgan fingerprint density at radius 3 is 2.65 bits per heavy atom. The third-order valence-electron chi connectivity index (χ3n) is 5.75. The molecule has 1 saturated carbocycles. The normalized spacial score (nSPS) is 39.6. The first kappa shape index (κ1) is 14.3. The van der Waals surface area contributed by atoms with Crippen molar-refractivity contribution in [3.63, 3.8) is 0 Å². The molecule has 3 aliphatic rings. The molecule has 0 radical (unpaired) electrons. The molecule has 3 unspecified atom stereocenters. The first-order chi connectivity index (χ1) is 9.64. The lowest BCUT2D eigenvalue weighted by molar-refractivity contribution is -0.147. The van der Waals surface area contributed by atoms with Gasteiger partial charge in [0.05, 0.1) is 0 Å². The van der Waals surface area contributed by atoms with Crippen LogP contribution in [0.5, 0.6) is 0 Å². The molecule has 0 amide bonds. The molecule has 0 aromatic heterocycles. The van der Waals surface area contributed by atoms with Gasteiger partial charge < -0.3 is 10.4 Å². The maximum absolute atomic E-state index is 11.6. The number of aliphatic carboxylic acids is 1. The Labute approximate surface area is 121 Å². The quantitative estimate of drug-likeness (QED) is 0.799. The average Bonchev–Trinajstić information content (AvgIpc) is 2.94. The fourth-order valence-corrected chi connectivity index (χ4v) is 4.43. The highest BCUT2D eigenvalue weighted by atomic mass is 16.4. The van der Waals surface area contributed by atoms with Gasteiger partial charge in [0.25, 0.3) is 0 Å². The Hall–Kier alpha value is -0.650. The number of rotatable bonds is 3. The van der Waals surface area contributed by atoms with Crippen LogP contribution in [-0.4, -0.2) is 71.7 Å². The van der Waals surface area contributed by atoms with Gasteiger partial charge in [0.2, 0.25) is 0 Å². The van der Waals surface area contributed by atoms with Crippen LogP contribution in [0.25, 0.3) is 0 Å². The van der Waals surface area contributed by atoms with Crippen molar-refractivity contribution < 1.29 is 9.90 Å². The number of carboxylic acids is 1. The van der Waals surface area contributed by atoms with E-state index >= 15 is 0 Å². The summed E-state index contributed by atoms with van der Waals surface area (Å²) in [6.07, 6.45) is 6.34. The van der Waals surface area contributed by atoms with E-state index in [9.17, 15) is 9.90 Å². The van der Waals surface area contributed by atoms with Gasteiger partial charge in [-0.3, -0.25) is 14.6 Å². The average molecular weight is 281 g/mol. The Bertz CT molecular complexity index is 376. The van der Waals surface area contributed by atoms with Crippen molar-refractivity contribution in [3.8, 4) is 0 Å². The SMILES string of the molecule is CNC1(C(=O)O)CCCC(N2CCN3CCCC3C2)C1. The summed E-state index contributed by atoms with van der Waals surface area (Å²) >= 11 is 0. The molecular formula is C15H27N3O2. The zero-order chi connectivity index (χ0) is 14.2. The van der Waals surface area contributed by atoms with Gasteiger partial charge in [0.15, 0.2) is 0 Å². The van der Waals surface area contributed by atoms with Gasteiger partial charge in [-0.05, 0) is 52.1 Å². The Morgan fingerprint density at radius 1 is 1.15 bits per heavy atom. The largest absolute Gasteiger partial charge is 0.480 e. The minimum atomic E-state index is -0.699. The van der Waals surface area contributed by atoms with Crippen molar-refractivity contribution >= 4 is 5.97 Å². The number of hydrogen-bond acceptors (Lipinski definition) is 4. The molecule has 3 fully saturated rings. The van der Waals surface area contributed by atoms with Gasteiger partial charge in [0.1, 0.15) is 5.54 Å². The molecular weight excluding hydrogens is 254 g/mol. The topological polar surface area (TPSA) is 55.8 Å².